The van der Waals surface area contributed by atoms with E-state index in [-0.39, 0.29) is 6.04 Å². The standard InChI is InChI=1S/C17H21NO4/c1-11-4-5-14(22-11)12(2)18-10-13-8-15(19-3)17-16(9-13)20-6-7-21-17/h4-5,8-9,12,18H,6-7,10H2,1-3H3/t12-/m0/s1. The zero-order valence-corrected chi connectivity index (χ0v) is 13.1. The molecule has 0 saturated heterocycles. The van der Waals surface area contributed by atoms with Crippen LogP contribution in [0.5, 0.6) is 17.2 Å². The highest BCUT2D eigenvalue weighted by Crippen LogP contribution is 2.40. The molecule has 1 aliphatic rings. The van der Waals surface area contributed by atoms with Crippen molar-refractivity contribution < 1.29 is 18.6 Å². The van der Waals surface area contributed by atoms with Gasteiger partial charge in [0.05, 0.1) is 13.2 Å². The fourth-order valence-electron chi connectivity index (χ4n) is 2.49. The van der Waals surface area contributed by atoms with Gasteiger partial charge in [0.2, 0.25) is 5.75 Å². The largest absolute Gasteiger partial charge is 0.493 e. The molecule has 0 amide bonds. The van der Waals surface area contributed by atoms with Crippen LogP contribution in [-0.2, 0) is 6.54 Å². The van der Waals surface area contributed by atoms with Crippen LogP contribution in [0, 0.1) is 6.92 Å². The van der Waals surface area contributed by atoms with E-state index in [0.717, 1.165) is 22.8 Å². The van der Waals surface area contributed by atoms with Gasteiger partial charge in [-0.1, -0.05) is 0 Å². The zero-order chi connectivity index (χ0) is 15.5. The van der Waals surface area contributed by atoms with Crippen LogP contribution in [0.3, 0.4) is 0 Å². The highest BCUT2D eigenvalue weighted by Gasteiger charge is 2.18. The highest BCUT2D eigenvalue weighted by molar-refractivity contribution is 5.54. The van der Waals surface area contributed by atoms with E-state index in [1.165, 1.54) is 0 Å². The lowest BCUT2D eigenvalue weighted by Gasteiger charge is -2.22. The normalized spacial score (nSPS) is 14.7. The van der Waals surface area contributed by atoms with Crippen LogP contribution < -0.4 is 19.5 Å². The first-order valence-corrected chi connectivity index (χ1v) is 7.43. The van der Waals surface area contributed by atoms with Gasteiger partial charge in [-0.2, -0.15) is 0 Å². The summed E-state index contributed by atoms with van der Waals surface area (Å²) in [4.78, 5) is 0. The summed E-state index contributed by atoms with van der Waals surface area (Å²) in [7, 11) is 1.64. The predicted molar refractivity (Wildman–Crippen MR) is 82.7 cm³/mol. The molecule has 118 valence electrons. The Morgan fingerprint density at radius 2 is 2.05 bits per heavy atom. The fraction of sp³-hybridized carbons (Fsp3) is 0.412. The molecule has 5 nitrogen and oxygen atoms in total. The molecule has 1 aromatic heterocycles. The van der Waals surface area contributed by atoms with E-state index in [0.29, 0.717) is 31.3 Å². The van der Waals surface area contributed by atoms with Crippen LogP contribution in [0.4, 0.5) is 0 Å². The monoisotopic (exact) mass is 303 g/mol. The van der Waals surface area contributed by atoms with Gasteiger partial charge in [0.15, 0.2) is 11.5 Å². The zero-order valence-electron chi connectivity index (χ0n) is 13.1. The average molecular weight is 303 g/mol. The van der Waals surface area contributed by atoms with Gasteiger partial charge in [-0.25, -0.2) is 0 Å². The smallest absolute Gasteiger partial charge is 0.203 e. The van der Waals surface area contributed by atoms with Crippen molar-refractivity contribution >= 4 is 0 Å². The topological polar surface area (TPSA) is 52.9 Å². The molecule has 0 saturated carbocycles. The molecule has 0 fully saturated rings. The first-order chi connectivity index (χ1) is 10.7. The third-order valence-electron chi connectivity index (χ3n) is 3.69. The molecule has 0 radical (unpaired) electrons. The fourth-order valence-corrected chi connectivity index (χ4v) is 2.49. The van der Waals surface area contributed by atoms with Crippen LogP contribution >= 0.6 is 0 Å². The lowest BCUT2D eigenvalue weighted by Crippen LogP contribution is -2.19. The number of aryl methyl sites for hydroxylation is 1. The summed E-state index contributed by atoms with van der Waals surface area (Å²) in [5, 5.41) is 3.44. The van der Waals surface area contributed by atoms with Crippen LogP contribution in [0.15, 0.2) is 28.7 Å². The Morgan fingerprint density at radius 3 is 2.77 bits per heavy atom. The van der Waals surface area contributed by atoms with Crippen molar-refractivity contribution in [2.45, 2.75) is 26.4 Å². The third-order valence-corrected chi connectivity index (χ3v) is 3.69. The van der Waals surface area contributed by atoms with E-state index in [9.17, 15) is 0 Å². The molecule has 1 N–H and O–H groups in total. The van der Waals surface area contributed by atoms with Crippen LogP contribution in [0.1, 0.15) is 30.0 Å². The predicted octanol–water partition coefficient (Wildman–Crippen LogP) is 3.22. The Hall–Kier alpha value is -2.14. The van der Waals surface area contributed by atoms with E-state index in [4.69, 9.17) is 18.6 Å². The van der Waals surface area contributed by atoms with E-state index >= 15 is 0 Å². The Kier molecular flexibility index (Phi) is 4.24. The van der Waals surface area contributed by atoms with Crippen molar-refractivity contribution in [1.82, 2.24) is 5.32 Å². The van der Waals surface area contributed by atoms with Gasteiger partial charge in [0.1, 0.15) is 24.7 Å². The third kappa shape index (κ3) is 3.04. The first kappa shape index (κ1) is 14.8. The van der Waals surface area contributed by atoms with Crippen LogP contribution in [0.25, 0.3) is 0 Å². The number of furan rings is 1. The molecule has 2 heterocycles. The molecule has 0 aliphatic carbocycles. The highest BCUT2D eigenvalue weighted by atomic mass is 16.6. The summed E-state index contributed by atoms with van der Waals surface area (Å²) >= 11 is 0. The molecule has 1 atom stereocenters. The number of rotatable bonds is 5. The van der Waals surface area contributed by atoms with Crippen molar-refractivity contribution in [3.8, 4) is 17.2 Å². The maximum atomic E-state index is 5.65. The summed E-state index contributed by atoms with van der Waals surface area (Å²) in [5.41, 5.74) is 1.08. The van der Waals surface area contributed by atoms with E-state index in [1.807, 2.05) is 31.2 Å². The van der Waals surface area contributed by atoms with Gasteiger partial charge in [-0.3, -0.25) is 0 Å². The second-order valence-corrected chi connectivity index (χ2v) is 5.37. The van der Waals surface area contributed by atoms with Gasteiger partial charge in [0, 0.05) is 6.54 Å². The Bertz CT molecular complexity index is 633. The molecule has 5 heteroatoms. The molecule has 1 aromatic carbocycles. The lowest BCUT2D eigenvalue weighted by molar-refractivity contribution is 0.165. The summed E-state index contributed by atoms with van der Waals surface area (Å²) in [5.74, 6) is 3.98. The Balaban J connectivity index is 1.72. The van der Waals surface area contributed by atoms with Gasteiger partial charge < -0.3 is 23.9 Å². The first-order valence-electron chi connectivity index (χ1n) is 7.43. The second kappa shape index (κ2) is 6.32. The second-order valence-electron chi connectivity index (χ2n) is 5.37. The summed E-state index contributed by atoms with van der Waals surface area (Å²) in [6, 6.07) is 8.07. The number of hydrogen-bond acceptors (Lipinski definition) is 5. The molecular formula is C17H21NO4. The quantitative estimate of drug-likeness (QED) is 0.919. The summed E-state index contributed by atoms with van der Waals surface area (Å²) in [6.45, 7) is 5.83. The molecule has 0 spiro atoms. The maximum Gasteiger partial charge on any atom is 0.203 e. The number of hydrogen-bond donors (Lipinski definition) is 1. The molecule has 22 heavy (non-hydrogen) atoms. The van der Waals surface area contributed by atoms with Crippen LogP contribution in [0.2, 0.25) is 0 Å². The number of ether oxygens (including phenoxy) is 3. The molecular weight excluding hydrogens is 282 g/mol. The van der Waals surface area contributed by atoms with Crippen molar-refractivity contribution in [2.75, 3.05) is 20.3 Å². The SMILES string of the molecule is COc1cc(CN[C@@H](C)c2ccc(C)o2)cc2c1OCCO2. The van der Waals surface area contributed by atoms with E-state index in [2.05, 4.69) is 12.2 Å². The summed E-state index contributed by atoms with van der Waals surface area (Å²) < 4.78 is 22.3. The molecule has 1 aliphatic heterocycles. The minimum atomic E-state index is 0.132. The molecule has 0 unspecified atom stereocenters. The van der Waals surface area contributed by atoms with Gasteiger partial charge in [0.25, 0.3) is 0 Å². The van der Waals surface area contributed by atoms with Gasteiger partial charge in [-0.15, -0.1) is 0 Å². The van der Waals surface area contributed by atoms with Gasteiger partial charge in [-0.05, 0) is 43.7 Å². The van der Waals surface area contributed by atoms with E-state index < -0.39 is 0 Å². The summed E-state index contributed by atoms with van der Waals surface area (Å²) in [6.07, 6.45) is 0. The van der Waals surface area contributed by atoms with Crippen molar-refractivity contribution in [3.05, 3.63) is 41.3 Å². The maximum absolute atomic E-state index is 5.65. The minimum Gasteiger partial charge on any atom is -0.493 e. The Morgan fingerprint density at radius 1 is 1.23 bits per heavy atom. The van der Waals surface area contributed by atoms with Crippen molar-refractivity contribution in [1.29, 1.82) is 0 Å². The average Bonchev–Trinajstić information content (AvgIpc) is 2.98. The molecule has 3 rings (SSSR count). The Labute approximate surface area is 130 Å². The number of fused-ring (bicyclic) bond motifs is 1. The minimum absolute atomic E-state index is 0.132. The van der Waals surface area contributed by atoms with Gasteiger partial charge >= 0.3 is 0 Å². The number of methoxy groups -OCH3 is 1. The van der Waals surface area contributed by atoms with Crippen LogP contribution in [-0.4, -0.2) is 20.3 Å². The molecule has 0 bridgehead atoms. The van der Waals surface area contributed by atoms with Crippen molar-refractivity contribution in [2.24, 2.45) is 0 Å². The lowest BCUT2D eigenvalue weighted by atomic mass is 10.1. The number of benzene rings is 1. The number of nitrogens with one attached hydrogen (secondary N) is 1. The van der Waals surface area contributed by atoms with E-state index in [1.54, 1.807) is 7.11 Å². The van der Waals surface area contributed by atoms with Crippen molar-refractivity contribution in [3.63, 3.8) is 0 Å². The molecule has 2 aromatic rings.